The highest BCUT2D eigenvalue weighted by Gasteiger charge is 2.07. The zero-order valence-corrected chi connectivity index (χ0v) is 4.72. The molecule has 0 unspecified atom stereocenters. The Labute approximate surface area is 42.6 Å². The van der Waals surface area contributed by atoms with E-state index in [4.69, 9.17) is 0 Å². The third-order valence-corrected chi connectivity index (χ3v) is 1.95. The molecule has 1 aliphatic heterocycles. The van der Waals surface area contributed by atoms with Gasteiger partial charge in [-0.2, -0.15) is 0 Å². The molecule has 36 valence electrons. The molecule has 1 heterocycles. The van der Waals surface area contributed by atoms with Crippen molar-refractivity contribution >= 4 is 11.9 Å². The van der Waals surface area contributed by atoms with Gasteiger partial charge in [-0.1, -0.05) is 18.9 Å². The summed E-state index contributed by atoms with van der Waals surface area (Å²) in [6.45, 7) is 3.44. The Morgan fingerprint density at radius 3 is 2.83 bits per heavy atom. The first-order chi connectivity index (χ1) is 2.89. The first kappa shape index (κ1) is 4.47. The molecule has 0 aromatic carbocycles. The summed E-state index contributed by atoms with van der Waals surface area (Å²) in [7, 11) is 0. The van der Waals surface area contributed by atoms with Crippen molar-refractivity contribution < 1.29 is 0 Å². The lowest BCUT2D eigenvalue weighted by Gasteiger charge is -1.89. The van der Waals surface area contributed by atoms with Crippen LogP contribution in [0.5, 0.6) is 0 Å². The van der Waals surface area contributed by atoms with Gasteiger partial charge in [0.2, 0.25) is 0 Å². The van der Waals surface area contributed by atoms with Crippen molar-refractivity contribution in [1.29, 1.82) is 0 Å². The van der Waals surface area contributed by atoms with E-state index in [-0.39, 0.29) is 0 Å². The largest absolute Gasteiger partial charge is 0.264 e. The van der Waals surface area contributed by atoms with E-state index in [1.165, 1.54) is 13.0 Å². The summed E-state index contributed by atoms with van der Waals surface area (Å²) in [5.74, 6) is 0. The molecule has 6 heavy (non-hydrogen) atoms. The molecule has 1 atom stereocenters. The average molecular weight is 103 g/mol. The SMILES string of the molecule is C[C@@H]1CCNS1. The van der Waals surface area contributed by atoms with Crippen LogP contribution in [0.1, 0.15) is 13.3 Å². The predicted octanol–water partition coefficient (Wildman–Crippen LogP) is 1.02. The van der Waals surface area contributed by atoms with Gasteiger partial charge in [0.25, 0.3) is 0 Å². The van der Waals surface area contributed by atoms with Crippen molar-refractivity contribution in [3.8, 4) is 0 Å². The van der Waals surface area contributed by atoms with Crippen LogP contribution in [0.15, 0.2) is 0 Å². The van der Waals surface area contributed by atoms with E-state index in [1.54, 1.807) is 0 Å². The van der Waals surface area contributed by atoms with Crippen molar-refractivity contribution in [3.63, 3.8) is 0 Å². The standard InChI is InChI=1S/C4H9NS/c1-4-2-3-5-6-4/h4-5H,2-3H2,1H3/t4-/m1/s1. The molecule has 1 N–H and O–H groups in total. The van der Waals surface area contributed by atoms with E-state index in [2.05, 4.69) is 11.6 Å². The third-order valence-electron chi connectivity index (χ3n) is 0.937. The molecule has 0 bridgehead atoms. The van der Waals surface area contributed by atoms with Crippen molar-refractivity contribution in [1.82, 2.24) is 4.72 Å². The maximum atomic E-state index is 3.19. The lowest BCUT2D eigenvalue weighted by atomic mass is 10.3. The molecule has 0 aromatic rings. The molecular weight excluding hydrogens is 94.1 g/mol. The quantitative estimate of drug-likeness (QED) is 0.459. The first-order valence-electron chi connectivity index (χ1n) is 2.28. The van der Waals surface area contributed by atoms with Crippen molar-refractivity contribution in [2.75, 3.05) is 6.54 Å². The number of hydrogen-bond donors (Lipinski definition) is 1. The fourth-order valence-corrected chi connectivity index (χ4v) is 1.28. The molecule has 0 radical (unpaired) electrons. The Balaban J connectivity index is 2.18. The summed E-state index contributed by atoms with van der Waals surface area (Å²) < 4.78 is 3.19. The average Bonchev–Trinajstić information content (AvgIpc) is 1.86. The van der Waals surface area contributed by atoms with Gasteiger partial charge in [-0.25, -0.2) is 0 Å². The second kappa shape index (κ2) is 1.85. The van der Waals surface area contributed by atoms with Gasteiger partial charge in [-0.3, -0.25) is 4.72 Å². The summed E-state index contributed by atoms with van der Waals surface area (Å²) in [5.41, 5.74) is 0. The molecule has 2 heteroatoms. The topological polar surface area (TPSA) is 12.0 Å². The second-order valence-corrected chi connectivity index (χ2v) is 2.94. The molecule has 1 aliphatic rings. The van der Waals surface area contributed by atoms with E-state index in [1.807, 2.05) is 11.9 Å². The lowest BCUT2D eigenvalue weighted by molar-refractivity contribution is 0.849. The Morgan fingerprint density at radius 2 is 2.67 bits per heavy atom. The van der Waals surface area contributed by atoms with E-state index in [0.717, 1.165) is 5.25 Å². The molecule has 0 amide bonds. The highest BCUT2D eigenvalue weighted by atomic mass is 32.2. The van der Waals surface area contributed by atoms with Crippen molar-refractivity contribution in [3.05, 3.63) is 0 Å². The van der Waals surface area contributed by atoms with Crippen LogP contribution < -0.4 is 4.72 Å². The van der Waals surface area contributed by atoms with Crippen LogP contribution in [0.4, 0.5) is 0 Å². The van der Waals surface area contributed by atoms with Crippen LogP contribution in [0.2, 0.25) is 0 Å². The van der Waals surface area contributed by atoms with Gasteiger partial charge in [0, 0.05) is 11.8 Å². The Kier molecular flexibility index (Phi) is 1.37. The zero-order chi connectivity index (χ0) is 4.41. The van der Waals surface area contributed by atoms with Crippen molar-refractivity contribution in [2.45, 2.75) is 18.6 Å². The first-order valence-corrected chi connectivity index (χ1v) is 3.16. The summed E-state index contributed by atoms with van der Waals surface area (Å²) in [6.07, 6.45) is 1.34. The number of nitrogens with one attached hydrogen (secondary N) is 1. The van der Waals surface area contributed by atoms with Gasteiger partial charge in [-0.05, 0) is 6.42 Å². The number of hydrogen-bond acceptors (Lipinski definition) is 2. The van der Waals surface area contributed by atoms with Gasteiger partial charge < -0.3 is 0 Å². The zero-order valence-electron chi connectivity index (χ0n) is 3.90. The van der Waals surface area contributed by atoms with E-state index < -0.39 is 0 Å². The smallest absolute Gasteiger partial charge is 0.0177 e. The lowest BCUT2D eigenvalue weighted by Crippen LogP contribution is -1.91. The summed E-state index contributed by atoms with van der Waals surface area (Å²) in [4.78, 5) is 0. The van der Waals surface area contributed by atoms with Gasteiger partial charge >= 0.3 is 0 Å². The van der Waals surface area contributed by atoms with Crippen LogP contribution in [-0.2, 0) is 0 Å². The molecule has 0 aromatic heterocycles. The molecule has 1 saturated heterocycles. The van der Waals surface area contributed by atoms with Crippen LogP contribution in [0.25, 0.3) is 0 Å². The van der Waals surface area contributed by atoms with Crippen LogP contribution in [0.3, 0.4) is 0 Å². The van der Waals surface area contributed by atoms with Crippen molar-refractivity contribution in [2.24, 2.45) is 0 Å². The van der Waals surface area contributed by atoms with Gasteiger partial charge in [-0.15, -0.1) is 0 Å². The maximum Gasteiger partial charge on any atom is 0.0177 e. The Morgan fingerprint density at radius 1 is 1.83 bits per heavy atom. The molecular formula is C4H9NS. The minimum Gasteiger partial charge on any atom is -0.264 e. The summed E-state index contributed by atoms with van der Waals surface area (Å²) in [5, 5.41) is 0.852. The Bertz CT molecular complexity index is 40.8. The molecule has 0 aliphatic carbocycles. The monoisotopic (exact) mass is 103 g/mol. The van der Waals surface area contributed by atoms with Gasteiger partial charge in [0.05, 0.1) is 0 Å². The molecule has 1 rings (SSSR count). The highest BCUT2D eigenvalue weighted by Crippen LogP contribution is 2.14. The van der Waals surface area contributed by atoms with Crippen LogP contribution in [0, 0.1) is 0 Å². The Hall–Kier alpha value is 0.310. The number of rotatable bonds is 0. The fraction of sp³-hybridized carbons (Fsp3) is 1.00. The molecule has 1 nitrogen and oxygen atoms in total. The van der Waals surface area contributed by atoms with E-state index in [9.17, 15) is 0 Å². The minimum absolute atomic E-state index is 0.852. The maximum absolute atomic E-state index is 3.19. The van der Waals surface area contributed by atoms with Crippen LogP contribution in [-0.4, -0.2) is 11.8 Å². The van der Waals surface area contributed by atoms with E-state index in [0.29, 0.717) is 0 Å². The third kappa shape index (κ3) is 0.884. The van der Waals surface area contributed by atoms with Gasteiger partial charge in [0.1, 0.15) is 0 Å². The highest BCUT2D eigenvalue weighted by molar-refractivity contribution is 7.98. The summed E-state index contributed by atoms with van der Waals surface area (Å²) in [6, 6.07) is 0. The van der Waals surface area contributed by atoms with Crippen LogP contribution >= 0.6 is 11.9 Å². The minimum atomic E-state index is 0.852. The predicted molar refractivity (Wildman–Crippen MR) is 29.7 cm³/mol. The fourth-order valence-electron chi connectivity index (χ4n) is 0.522. The normalized spacial score (nSPS) is 34.5. The second-order valence-electron chi connectivity index (χ2n) is 1.61. The molecule has 0 spiro atoms. The molecule has 0 saturated carbocycles. The summed E-state index contributed by atoms with van der Waals surface area (Å²) >= 11 is 1.85. The molecule has 1 fully saturated rings. The van der Waals surface area contributed by atoms with Gasteiger partial charge in [0.15, 0.2) is 0 Å². The van der Waals surface area contributed by atoms with E-state index >= 15 is 0 Å².